The summed E-state index contributed by atoms with van der Waals surface area (Å²) in [6.07, 6.45) is 3.76. The number of aromatic nitrogens is 1. The molecule has 1 unspecified atom stereocenters. The molecule has 1 atom stereocenters. The molecule has 1 heterocycles. The molecule has 1 aliphatic rings. The quantitative estimate of drug-likeness (QED) is 0.713. The second-order valence-electron chi connectivity index (χ2n) is 6.19. The monoisotopic (exact) mass is 295 g/mol. The third-order valence-electron chi connectivity index (χ3n) is 4.89. The lowest BCUT2D eigenvalue weighted by Crippen LogP contribution is -2.13. The highest BCUT2D eigenvalue weighted by molar-refractivity contribution is 5.84. The zero-order valence-corrected chi connectivity index (χ0v) is 12.1. The molecule has 1 aromatic heterocycles. The third-order valence-corrected chi connectivity index (χ3v) is 4.89. The van der Waals surface area contributed by atoms with Crippen LogP contribution < -0.4 is 0 Å². The summed E-state index contributed by atoms with van der Waals surface area (Å²) in [5, 5.41) is 0.725. The number of fused-ring (bicyclic) bond motifs is 1. The topological polar surface area (TPSA) is 15.8 Å². The molecule has 4 heteroatoms. The molecule has 1 nitrogen and oxygen atoms in total. The smallest absolute Gasteiger partial charge is 0.361 e. The van der Waals surface area contributed by atoms with Gasteiger partial charge in [0.25, 0.3) is 0 Å². The van der Waals surface area contributed by atoms with Crippen molar-refractivity contribution < 1.29 is 13.2 Å². The van der Waals surface area contributed by atoms with Crippen LogP contribution in [0.15, 0.2) is 24.4 Å². The van der Waals surface area contributed by atoms with E-state index < -0.39 is 11.7 Å². The first kappa shape index (κ1) is 14.5. The average Bonchev–Trinajstić information content (AvgIpc) is 2.89. The van der Waals surface area contributed by atoms with Crippen molar-refractivity contribution in [2.24, 2.45) is 5.92 Å². The highest BCUT2D eigenvalue weighted by Crippen LogP contribution is 2.39. The van der Waals surface area contributed by atoms with Gasteiger partial charge in [-0.2, -0.15) is 13.2 Å². The van der Waals surface area contributed by atoms with Crippen molar-refractivity contribution >= 4 is 10.9 Å². The van der Waals surface area contributed by atoms with Gasteiger partial charge in [-0.25, -0.2) is 0 Å². The van der Waals surface area contributed by atoms with Gasteiger partial charge < -0.3 is 4.98 Å². The second-order valence-corrected chi connectivity index (χ2v) is 6.19. The van der Waals surface area contributed by atoms with E-state index in [2.05, 4.69) is 11.9 Å². The lowest BCUT2D eigenvalue weighted by atomic mass is 9.78. The number of alkyl halides is 3. The molecule has 21 heavy (non-hydrogen) atoms. The summed E-state index contributed by atoms with van der Waals surface area (Å²) in [5.41, 5.74) is 1.26. The lowest BCUT2D eigenvalue weighted by Gasteiger charge is -2.27. The van der Waals surface area contributed by atoms with Crippen LogP contribution >= 0.6 is 0 Å². The first-order chi connectivity index (χ1) is 9.97. The Morgan fingerprint density at radius 1 is 1.14 bits per heavy atom. The minimum atomic E-state index is -4.28. The van der Waals surface area contributed by atoms with Crippen LogP contribution in [0.2, 0.25) is 0 Å². The van der Waals surface area contributed by atoms with Gasteiger partial charge in [-0.3, -0.25) is 0 Å². The van der Waals surface area contributed by atoms with Crippen molar-refractivity contribution in [1.29, 1.82) is 0 Å². The summed E-state index contributed by atoms with van der Waals surface area (Å²) in [4.78, 5) is 3.12. The summed E-state index contributed by atoms with van der Waals surface area (Å²) in [6.45, 7) is 2.15. The maximum Gasteiger partial charge on any atom is 0.416 e. The summed E-state index contributed by atoms with van der Waals surface area (Å²) in [7, 11) is 0. The Balaban J connectivity index is 1.98. The van der Waals surface area contributed by atoms with Crippen LogP contribution in [-0.2, 0) is 6.18 Å². The van der Waals surface area contributed by atoms with Crippen molar-refractivity contribution in [2.75, 3.05) is 0 Å². The van der Waals surface area contributed by atoms with E-state index in [1.165, 1.54) is 44.2 Å². The normalized spacial score (nSPS) is 19.0. The van der Waals surface area contributed by atoms with Gasteiger partial charge in [-0.05, 0) is 48.4 Å². The number of halogens is 3. The van der Waals surface area contributed by atoms with Crippen LogP contribution in [0.4, 0.5) is 13.2 Å². The van der Waals surface area contributed by atoms with E-state index in [1.54, 1.807) is 0 Å². The lowest BCUT2D eigenvalue weighted by molar-refractivity contribution is -0.137. The third kappa shape index (κ3) is 2.81. The van der Waals surface area contributed by atoms with Gasteiger partial charge in [0.15, 0.2) is 0 Å². The van der Waals surface area contributed by atoms with E-state index in [9.17, 15) is 13.2 Å². The van der Waals surface area contributed by atoms with Crippen molar-refractivity contribution in [2.45, 2.75) is 51.1 Å². The minimum absolute atomic E-state index is 0.308. The molecule has 0 spiro atoms. The van der Waals surface area contributed by atoms with Crippen LogP contribution in [0.25, 0.3) is 10.9 Å². The number of hydrogen-bond acceptors (Lipinski definition) is 0. The molecular weight excluding hydrogens is 275 g/mol. The van der Waals surface area contributed by atoms with Gasteiger partial charge in [0.2, 0.25) is 0 Å². The largest absolute Gasteiger partial charge is 0.416 e. The first-order valence-electron chi connectivity index (χ1n) is 7.65. The molecule has 114 valence electrons. The van der Waals surface area contributed by atoms with Gasteiger partial charge in [0.05, 0.1) is 5.56 Å². The van der Waals surface area contributed by atoms with Crippen LogP contribution in [0, 0.1) is 5.92 Å². The molecule has 0 amide bonds. The number of rotatable bonds is 2. The number of benzene rings is 1. The van der Waals surface area contributed by atoms with Crippen LogP contribution in [0.1, 0.15) is 56.1 Å². The zero-order chi connectivity index (χ0) is 15.0. The van der Waals surface area contributed by atoms with Crippen LogP contribution in [0.5, 0.6) is 0 Å². The van der Waals surface area contributed by atoms with Gasteiger partial charge in [-0.15, -0.1) is 0 Å². The molecule has 1 N–H and O–H groups in total. The van der Waals surface area contributed by atoms with Crippen molar-refractivity contribution in [3.63, 3.8) is 0 Å². The van der Waals surface area contributed by atoms with Crippen molar-refractivity contribution in [1.82, 2.24) is 4.98 Å². The predicted octanol–water partition coefficient (Wildman–Crippen LogP) is 5.87. The highest BCUT2D eigenvalue weighted by atomic mass is 19.4. The van der Waals surface area contributed by atoms with E-state index in [0.717, 1.165) is 22.5 Å². The summed E-state index contributed by atoms with van der Waals surface area (Å²) >= 11 is 0. The Labute approximate surface area is 122 Å². The standard InChI is InChI=1S/C17H20F3N/c1-11(12-5-3-2-4-6-12)15-10-21-16-8-7-13(9-14(15)16)17(18,19)20/h7-12,21H,2-6H2,1H3. The molecule has 0 aliphatic heterocycles. The fourth-order valence-electron chi connectivity index (χ4n) is 3.58. The van der Waals surface area contributed by atoms with Gasteiger partial charge >= 0.3 is 6.18 Å². The van der Waals surface area contributed by atoms with E-state index in [4.69, 9.17) is 0 Å². The van der Waals surface area contributed by atoms with Crippen molar-refractivity contribution in [3.05, 3.63) is 35.5 Å². The van der Waals surface area contributed by atoms with Gasteiger partial charge in [-0.1, -0.05) is 26.2 Å². The zero-order valence-electron chi connectivity index (χ0n) is 12.1. The summed E-state index contributed by atoms with van der Waals surface area (Å²) < 4.78 is 38.7. The SMILES string of the molecule is CC(c1c[nH]c2ccc(C(F)(F)F)cc12)C1CCCCC1. The molecular formula is C17H20F3N. The van der Waals surface area contributed by atoms with Gasteiger partial charge in [0, 0.05) is 17.1 Å². The first-order valence-corrected chi connectivity index (χ1v) is 7.65. The van der Waals surface area contributed by atoms with Crippen LogP contribution in [-0.4, -0.2) is 4.98 Å². The fourth-order valence-corrected chi connectivity index (χ4v) is 3.58. The van der Waals surface area contributed by atoms with Crippen LogP contribution in [0.3, 0.4) is 0 Å². The number of nitrogens with one attached hydrogen (secondary N) is 1. The number of hydrogen-bond donors (Lipinski definition) is 1. The van der Waals surface area contributed by atoms with Crippen molar-refractivity contribution in [3.8, 4) is 0 Å². The Bertz CT molecular complexity index is 620. The molecule has 0 saturated heterocycles. The second kappa shape index (κ2) is 5.39. The average molecular weight is 295 g/mol. The van der Waals surface area contributed by atoms with E-state index in [0.29, 0.717) is 11.8 Å². The molecule has 2 aromatic rings. The highest BCUT2D eigenvalue weighted by Gasteiger charge is 2.31. The number of H-pyrrole nitrogens is 1. The molecule has 0 radical (unpaired) electrons. The molecule has 3 rings (SSSR count). The van der Waals surface area contributed by atoms with Gasteiger partial charge in [0.1, 0.15) is 0 Å². The molecule has 1 aromatic carbocycles. The summed E-state index contributed by atoms with van der Waals surface area (Å²) in [5.74, 6) is 0.898. The fraction of sp³-hybridized carbons (Fsp3) is 0.529. The molecule has 0 bridgehead atoms. The molecule has 1 aliphatic carbocycles. The number of aromatic amines is 1. The Morgan fingerprint density at radius 2 is 1.86 bits per heavy atom. The van der Waals surface area contributed by atoms with E-state index >= 15 is 0 Å². The Kier molecular flexibility index (Phi) is 3.72. The maximum absolute atomic E-state index is 12.9. The molecule has 1 saturated carbocycles. The maximum atomic E-state index is 12.9. The van der Waals surface area contributed by atoms with E-state index in [-0.39, 0.29) is 0 Å². The predicted molar refractivity (Wildman–Crippen MR) is 78.3 cm³/mol. The Morgan fingerprint density at radius 3 is 2.52 bits per heavy atom. The summed E-state index contributed by atoms with van der Waals surface area (Å²) in [6, 6.07) is 3.98. The Hall–Kier alpha value is -1.45. The molecule has 1 fully saturated rings. The minimum Gasteiger partial charge on any atom is -0.361 e. The van der Waals surface area contributed by atoms with E-state index in [1.807, 2.05) is 6.20 Å².